The normalized spacial score (nSPS) is 11.2. The molecule has 1 heterocycles. The number of benzene rings is 3. The summed E-state index contributed by atoms with van der Waals surface area (Å²) in [6.45, 7) is 5.92. The number of hydrogen-bond acceptors (Lipinski definition) is 5. The van der Waals surface area contributed by atoms with Crippen molar-refractivity contribution in [3.63, 3.8) is 0 Å². The van der Waals surface area contributed by atoms with E-state index in [4.69, 9.17) is 16.0 Å². The van der Waals surface area contributed by atoms with Crippen LogP contribution in [0.1, 0.15) is 18.2 Å². The first kappa shape index (κ1) is 22.6. The molecular weight excluding hydrogens is 458 g/mol. The largest absolute Gasteiger partial charge is 0.435 e. The second-order valence-electron chi connectivity index (χ2n) is 7.29. The summed E-state index contributed by atoms with van der Waals surface area (Å²) >= 11 is 5.90. The lowest BCUT2D eigenvalue weighted by molar-refractivity contribution is 0.561. The van der Waals surface area contributed by atoms with Crippen molar-refractivity contribution >= 4 is 38.7 Å². The smallest absolute Gasteiger partial charge is 0.262 e. The molecule has 33 heavy (non-hydrogen) atoms. The molecule has 0 aliphatic heterocycles. The second-order valence-corrected chi connectivity index (χ2v) is 9.37. The average molecular weight is 480 g/mol. The van der Waals surface area contributed by atoms with Crippen LogP contribution in [0, 0.1) is 0 Å². The van der Waals surface area contributed by atoms with Crippen LogP contribution in [0.15, 0.2) is 94.9 Å². The quantitative estimate of drug-likeness (QED) is 0.303. The lowest BCUT2D eigenvalue weighted by Crippen LogP contribution is -2.15. The molecule has 168 valence electrons. The molecule has 0 radical (unpaired) electrons. The number of aryl methyl sites for hydroxylation is 1. The molecule has 6 nitrogen and oxygen atoms in total. The Bertz CT molecular complexity index is 1380. The third-order valence-corrected chi connectivity index (χ3v) is 6.67. The molecule has 0 unspecified atom stereocenters. The van der Waals surface area contributed by atoms with Crippen LogP contribution in [-0.2, 0) is 16.4 Å². The molecule has 0 saturated carbocycles. The fourth-order valence-electron chi connectivity index (χ4n) is 3.27. The van der Waals surface area contributed by atoms with Crippen molar-refractivity contribution in [1.82, 2.24) is 4.98 Å². The van der Waals surface area contributed by atoms with E-state index in [0.717, 1.165) is 5.56 Å². The molecule has 0 fully saturated rings. The summed E-state index contributed by atoms with van der Waals surface area (Å²) in [5, 5.41) is 3.65. The highest BCUT2D eigenvalue weighted by Gasteiger charge is 2.19. The number of nitrogens with one attached hydrogen (secondary N) is 2. The van der Waals surface area contributed by atoms with Crippen molar-refractivity contribution in [3.8, 4) is 11.5 Å². The number of anilines is 2. The van der Waals surface area contributed by atoms with E-state index in [-0.39, 0.29) is 4.90 Å². The minimum absolute atomic E-state index is 0.181. The molecule has 1 aromatic heterocycles. The summed E-state index contributed by atoms with van der Waals surface area (Å²) < 4.78 is 34.6. The molecule has 4 rings (SSSR count). The van der Waals surface area contributed by atoms with Gasteiger partial charge >= 0.3 is 0 Å². The number of oxazole rings is 1. The number of sulfonamides is 1. The highest BCUT2D eigenvalue weighted by molar-refractivity contribution is 7.92. The lowest BCUT2D eigenvalue weighted by atomic mass is 10.1. The fraction of sp³-hybridized carbons (Fsp3) is 0.0800. The van der Waals surface area contributed by atoms with Gasteiger partial charge in [0.15, 0.2) is 5.76 Å². The molecule has 4 aromatic rings. The predicted octanol–water partition coefficient (Wildman–Crippen LogP) is 6.44. The number of rotatable bonds is 8. The monoisotopic (exact) mass is 479 g/mol. The SMILES string of the molecule is C=C(Nc1ccc(CC)c(S(=O)(=O)Nc2ccc(Cl)cc2)c1)c1cnc(-c2ccccc2)o1. The van der Waals surface area contributed by atoms with Gasteiger partial charge in [0.05, 0.1) is 16.8 Å². The Morgan fingerprint density at radius 1 is 1.03 bits per heavy atom. The predicted molar refractivity (Wildman–Crippen MR) is 133 cm³/mol. The maximum Gasteiger partial charge on any atom is 0.262 e. The highest BCUT2D eigenvalue weighted by Crippen LogP contribution is 2.28. The van der Waals surface area contributed by atoms with Crippen molar-refractivity contribution in [2.75, 3.05) is 10.0 Å². The summed E-state index contributed by atoms with van der Waals surface area (Å²) in [5.74, 6) is 0.933. The Hall–Kier alpha value is -3.55. The molecule has 0 atom stereocenters. The Kier molecular flexibility index (Phi) is 6.53. The summed E-state index contributed by atoms with van der Waals surface area (Å²) in [4.78, 5) is 4.48. The van der Waals surface area contributed by atoms with E-state index in [1.807, 2.05) is 37.3 Å². The maximum atomic E-state index is 13.1. The maximum absolute atomic E-state index is 13.1. The van der Waals surface area contributed by atoms with Gasteiger partial charge in [0.25, 0.3) is 10.0 Å². The minimum Gasteiger partial charge on any atom is -0.435 e. The van der Waals surface area contributed by atoms with Crippen molar-refractivity contribution in [3.05, 3.63) is 102 Å². The van der Waals surface area contributed by atoms with Crippen LogP contribution in [0.25, 0.3) is 17.2 Å². The van der Waals surface area contributed by atoms with Gasteiger partial charge in [0, 0.05) is 22.0 Å². The molecule has 3 aromatic carbocycles. The topological polar surface area (TPSA) is 84.2 Å². The first-order valence-corrected chi connectivity index (χ1v) is 12.1. The first-order valence-electron chi connectivity index (χ1n) is 10.2. The summed E-state index contributed by atoms with van der Waals surface area (Å²) in [7, 11) is -3.82. The number of nitrogens with zero attached hydrogens (tertiary/aromatic N) is 1. The minimum atomic E-state index is -3.82. The van der Waals surface area contributed by atoms with Gasteiger partial charge in [-0.1, -0.05) is 49.4 Å². The molecule has 0 saturated heterocycles. The Morgan fingerprint density at radius 3 is 2.42 bits per heavy atom. The van der Waals surface area contributed by atoms with Crippen LogP contribution < -0.4 is 10.0 Å². The van der Waals surface area contributed by atoms with Gasteiger partial charge in [0.2, 0.25) is 5.89 Å². The molecule has 0 bridgehead atoms. The van der Waals surface area contributed by atoms with Crippen molar-refractivity contribution in [2.24, 2.45) is 0 Å². The Labute approximate surface area is 198 Å². The standard InChI is InChI=1S/C25H22ClN3O3S/c1-3-18-9-12-22(15-24(18)33(30,31)29-21-13-10-20(26)11-14-21)28-17(2)23-16-27-25(32-23)19-7-5-4-6-8-19/h4-16,28-29H,2-3H2,1H3. The molecule has 0 aliphatic rings. The number of hydrogen-bond donors (Lipinski definition) is 2. The zero-order chi connectivity index (χ0) is 23.4. The van der Waals surface area contributed by atoms with E-state index in [0.29, 0.717) is 45.7 Å². The van der Waals surface area contributed by atoms with Crippen LogP contribution >= 0.6 is 11.6 Å². The average Bonchev–Trinajstić information content (AvgIpc) is 3.32. The highest BCUT2D eigenvalue weighted by atomic mass is 35.5. The van der Waals surface area contributed by atoms with Gasteiger partial charge in [-0.15, -0.1) is 0 Å². The zero-order valence-electron chi connectivity index (χ0n) is 17.9. The lowest BCUT2D eigenvalue weighted by Gasteiger charge is -2.14. The van der Waals surface area contributed by atoms with Crippen LogP contribution in [0.4, 0.5) is 11.4 Å². The van der Waals surface area contributed by atoms with Gasteiger partial charge in [-0.3, -0.25) is 4.72 Å². The molecule has 0 amide bonds. The van der Waals surface area contributed by atoms with E-state index in [1.165, 1.54) is 0 Å². The van der Waals surface area contributed by atoms with Gasteiger partial charge in [-0.05, 0) is 60.5 Å². The van der Waals surface area contributed by atoms with E-state index in [9.17, 15) is 8.42 Å². The van der Waals surface area contributed by atoms with E-state index in [2.05, 4.69) is 21.6 Å². The Balaban J connectivity index is 1.57. The second kappa shape index (κ2) is 9.52. The van der Waals surface area contributed by atoms with Gasteiger partial charge < -0.3 is 9.73 Å². The van der Waals surface area contributed by atoms with Gasteiger partial charge in [-0.2, -0.15) is 0 Å². The summed E-state index contributed by atoms with van der Waals surface area (Å²) in [6, 6.07) is 21.2. The summed E-state index contributed by atoms with van der Waals surface area (Å²) in [5.41, 5.74) is 3.00. The van der Waals surface area contributed by atoms with E-state index in [1.54, 1.807) is 48.7 Å². The van der Waals surface area contributed by atoms with Gasteiger partial charge in [-0.25, -0.2) is 13.4 Å². The molecule has 0 spiro atoms. The fourth-order valence-corrected chi connectivity index (χ4v) is 4.79. The van der Waals surface area contributed by atoms with E-state index < -0.39 is 10.0 Å². The van der Waals surface area contributed by atoms with Crippen molar-refractivity contribution < 1.29 is 12.8 Å². The van der Waals surface area contributed by atoms with Gasteiger partial charge in [0.1, 0.15) is 0 Å². The zero-order valence-corrected chi connectivity index (χ0v) is 19.5. The van der Waals surface area contributed by atoms with E-state index >= 15 is 0 Å². The molecular formula is C25H22ClN3O3S. The first-order chi connectivity index (χ1) is 15.9. The third kappa shape index (κ3) is 5.27. The molecule has 2 N–H and O–H groups in total. The van der Waals surface area contributed by atoms with Crippen LogP contribution in [0.5, 0.6) is 0 Å². The van der Waals surface area contributed by atoms with Crippen LogP contribution in [0.3, 0.4) is 0 Å². The third-order valence-electron chi connectivity index (χ3n) is 4.95. The number of aromatic nitrogens is 1. The van der Waals surface area contributed by atoms with Crippen LogP contribution in [0.2, 0.25) is 5.02 Å². The van der Waals surface area contributed by atoms with Crippen molar-refractivity contribution in [2.45, 2.75) is 18.2 Å². The molecule has 0 aliphatic carbocycles. The van der Waals surface area contributed by atoms with Crippen LogP contribution in [-0.4, -0.2) is 13.4 Å². The van der Waals surface area contributed by atoms with Crippen molar-refractivity contribution in [1.29, 1.82) is 0 Å². The number of halogens is 1. The summed E-state index contributed by atoms with van der Waals surface area (Å²) in [6.07, 6.45) is 2.14. The molecule has 8 heteroatoms. The Morgan fingerprint density at radius 2 is 1.73 bits per heavy atom.